The highest BCUT2D eigenvalue weighted by molar-refractivity contribution is 5.48. The molecule has 0 spiro atoms. The van der Waals surface area contributed by atoms with Crippen LogP contribution >= 0.6 is 0 Å². The Morgan fingerprint density at radius 3 is 2.80 bits per heavy atom. The Morgan fingerprint density at radius 1 is 1.20 bits per heavy atom. The van der Waals surface area contributed by atoms with Crippen molar-refractivity contribution in [1.82, 2.24) is 9.38 Å². The highest BCUT2D eigenvalue weighted by atomic mass is 16.5. The average Bonchev–Trinajstić information content (AvgIpc) is 2.82. The van der Waals surface area contributed by atoms with Crippen molar-refractivity contribution in [2.24, 2.45) is 0 Å². The molecule has 0 bridgehead atoms. The highest BCUT2D eigenvalue weighted by Gasteiger charge is 2.05. The third-order valence-electron chi connectivity index (χ3n) is 3.30. The molecule has 3 rings (SSSR count). The van der Waals surface area contributed by atoms with Crippen LogP contribution in [0.15, 0.2) is 42.7 Å². The van der Waals surface area contributed by atoms with E-state index in [0.717, 1.165) is 33.9 Å². The van der Waals surface area contributed by atoms with Crippen molar-refractivity contribution in [3.63, 3.8) is 0 Å². The van der Waals surface area contributed by atoms with Gasteiger partial charge in [0.05, 0.1) is 5.69 Å². The van der Waals surface area contributed by atoms with E-state index in [1.54, 1.807) is 0 Å². The highest BCUT2D eigenvalue weighted by Crippen LogP contribution is 2.21. The molecule has 2 heterocycles. The molecule has 1 aromatic carbocycles. The summed E-state index contributed by atoms with van der Waals surface area (Å²) in [5, 5.41) is 0. The molecule has 4 nitrogen and oxygen atoms in total. The fourth-order valence-electron chi connectivity index (χ4n) is 2.26. The second kappa shape index (κ2) is 4.89. The monoisotopic (exact) mass is 267 g/mol. The quantitative estimate of drug-likeness (QED) is 0.742. The number of aryl methyl sites for hydroxylation is 2. The molecule has 0 unspecified atom stereocenters. The molecule has 4 heteroatoms. The van der Waals surface area contributed by atoms with Crippen LogP contribution in [0.5, 0.6) is 5.75 Å². The number of hydrogen-bond donors (Lipinski definition) is 1. The van der Waals surface area contributed by atoms with Crippen LogP contribution in [0.4, 0.5) is 5.69 Å². The average molecular weight is 267 g/mol. The van der Waals surface area contributed by atoms with Gasteiger partial charge in [-0.15, -0.1) is 0 Å². The topological polar surface area (TPSA) is 52.5 Å². The molecular weight excluding hydrogens is 250 g/mol. The van der Waals surface area contributed by atoms with Gasteiger partial charge in [-0.05, 0) is 49.2 Å². The Bertz CT molecular complexity index is 762. The predicted octanol–water partition coefficient (Wildman–Crippen LogP) is 3.11. The summed E-state index contributed by atoms with van der Waals surface area (Å²) in [4.78, 5) is 4.59. The first-order chi connectivity index (χ1) is 9.63. The number of aromatic nitrogens is 2. The fraction of sp³-hybridized carbons (Fsp3) is 0.188. The third-order valence-corrected chi connectivity index (χ3v) is 3.30. The minimum atomic E-state index is 0.450. The van der Waals surface area contributed by atoms with Gasteiger partial charge < -0.3 is 14.9 Å². The lowest BCUT2D eigenvalue weighted by Crippen LogP contribution is -1.98. The second-order valence-corrected chi connectivity index (χ2v) is 4.97. The van der Waals surface area contributed by atoms with Gasteiger partial charge in [0.15, 0.2) is 0 Å². The third kappa shape index (κ3) is 2.32. The van der Waals surface area contributed by atoms with Gasteiger partial charge in [0.1, 0.15) is 18.0 Å². The summed E-state index contributed by atoms with van der Waals surface area (Å²) < 4.78 is 7.83. The SMILES string of the molecule is Cc1cc(N)ccc1OCc1cn2cccc(C)c2n1. The molecular formula is C16H17N3O. The van der Waals surface area contributed by atoms with E-state index in [0.29, 0.717) is 6.61 Å². The largest absolute Gasteiger partial charge is 0.487 e. The van der Waals surface area contributed by atoms with E-state index in [1.165, 1.54) is 0 Å². The van der Waals surface area contributed by atoms with Crippen LogP contribution in [0.2, 0.25) is 0 Å². The summed E-state index contributed by atoms with van der Waals surface area (Å²) in [6, 6.07) is 9.71. The Balaban J connectivity index is 1.81. The number of anilines is 1. The first-order valence-corrected chi connectivity index (χ1v) is 6.55. The van der Waals surface area contributed by atoms with Crippen molar-refractivity contribution in [3.8, 4) is 5.75 Å². The zero-order chi connectivity index (χ0) is 14.1. The number of pyridine rings is 1. The number of fused-ring (bicyclic) bond motifs is 1. The van der Waals surface area contributed by atoms with Gasteiger partial charge >= 0.3 is 0 Å². The van der Waals surface area contributed by atoms with Crippen molar-refractivity contribution in [2.75, 3.05) is 5.73 Å². The molecule has 0 fully saturated rings. The van der Waals surface area contributed by atoms with Crippen LogP contribution in [-0.2, 0) is 6.61 Å². The predicted molar refractivity (Wildman–Crippen MR) is 79.9 cm³/mol. The molecule has 0 aliphatic rings. The Morgan fingerprint density at radius 2 is 2.05 bits per heavy atom. The van der Waals surface area contributed by atoms with Crippen molar-refractivity contribution in [1.29, 1.82) is 0 Å². The smallest absolute Gasteiger partial charge is 0.140 e. The number of rotatable bonds is 3. The standard InChI is InChI=1S/C16H17N3O/c1-11-4-3-7-19-9-14(18-16(11)19)10-20-15-6-5-13(17)8-12(15)2/h3-9H,10,17H2,1-2H3. The van der Waals surface area contributed by atoms with Crippen LogP contribution in [-0.4, -0.2) is 9.38 Å². The lowest BCUT2D eigenvalue weighted by molar-refractivity contribution is 0.300. The zero-order valence-corrected chi connectivity index (χ0v) is 11.6. The molecule has 0 atom stereocenters. The van der Waals surface area contributed by atoms with E-state index >= 15 is 0 Å². The van der Waals surface area contributed by atoms with Crippen molar-refractivity contribution >= 4 is 11.3 Å². The molecule has 0 aliphatic carbocycles. The lowest BCUT2D eigenvalue weighted by atomic mass is 10.2. The van der Waals surface area contributed by atoms with Crippen LogP contribution < -0.4 is 10.5 Å². The van der Waals surface area contributed by atoms with Gasteiger partial charge in [-0.1, -0.05) is 6.07 Å². The van der Waals surface area contributed by atoms with Crippen LogP contribution in [0.3, 0.4) is 0 Å². The molecule has 20 heavy (non-hydrogen) atoms. The molecule has 0 aliphatic heterocycles. The molecule has 2 N–H and O–H groups in total. The summed E-state index contributed by atoms with van der Waals surface area (Å²) in [6.45, 7) is 4.49. The number of imidazole rings is 1. The molecule has 3 aromatic rings. The molecule has 2 aromatic heterocycles. The summed E-state index contributed by atoms with van der Waals surface area (Å²) >= 11 is 0. The maximum absolute atomic E-state index is 5.82. The van der Waals surface area contributed by atoms with E-state index < -0.39 is 0 Å². The zero-order valence-electron chi connectivity index (χ0n) is 11.6. The molecule has 102 valence electrons. The number of benzene rings is 1. The molecule has 0 radical (unpaired) electrons. The summed E-state index contributed by atoms with van der Waals surface area (Å²) in [7, 11) is 0. The van der Waals surface area contributed by atoms with E-state index in [-0.39, 0.29) is 0 Å². The first-order valence-electron chi connectivity index (χ1n) is 6.55. The van der Waals surface area contributed by atoms with Gasteiger partial charge in [0.2, 0.25) is 0 Å². The van der Waals surface area contributed by atoms with Crippen molar-refractivity contribution < 1.29 is 4.74 Å². The van der Waals surface area contributed by atoms with E-state index in [1.807, 2.05) is 48.0 Å². The van der Waals surface area contributed by atoms with Crippen LogP contribution in [0.1, 0.15) is 16.8 Å². The summed E-state index contributed by atoms with van der Waals surface area (Å²) in [5.41, 5.74) is 10.6. The van der Waals surface area contributed by atoms with Gasteiger partial charge in [-0.2, -0.15) is 0 Å². The number of nitrogens with zero attached hydrogens (tertiary/aromatic N) is 2. The molecule has 0 saturated heterocycles. The number of nitrogen functional groups attached to an aromatic ring is 1. The molecule has 0 saturated carbocycles. The Hall–Kier alpha value is -2.49. The first kappa shape index (κ1) is 12.5. The maximum atomic E-state index is 5.82. The Kier molecular flexibility index (Phi) is 3.06. The van der Waals surface area contributed by atoms with E-state index in [2.05, 4.69) is 18.0 Å². The van der Waals surface area contributed by atoms with Gasteiger partial charge in [0, 0.05) is 18.1 Å². The van der Waals surface area contributed by atoms with Crippen LogP contribution in [0, 0.1) is 13.8 Å². The van der Waals surface area contributed by atoms with Crippen molar-refractivity contribution in [2.45, 2.75) is 20.5 Å². The van der Waals surface area contributed by atoms with Crippen molar-refractivity contribution in [3.05, 3.63) is 59.5 Å². The minimum Gasteiger partial charge on any atom is -0.487 e. The maximum Gasteiger partial charge on any atom is 0.140 e. The normalized spacial score (nSPS) is 10.9. The van der Waals surface area contributed by atoms with Gasteiger partial charge in [0.25, 0.3) is 0 Å². The minimum absolute atomic E-state index is 0.450. The van der Waals surface area contributed by atoms with E-state index in [4.69, 9.17) is 10.5 Å². The number of nitrogens with two attached hydrogens (primary N) is 1. The Labute approximate surface area is 117 Å². The number of hydrogen-bond acceptors (Lipinski definition) is 3. The fourth-order valence-corrected chi connectivity index (χ4v) is 2.26. The summed E-state index contributed by atoms with van der Waals surface area (Å²) in [5.74, 6) is 0.841. The van der Waals surface area contributed by atoms with E-state index in [9.17, 15) is 0 Å². The van der Waals surface area contributed by atoms with Gasteiger partial charge in [-0.25, -0.2) is 4.98 Å². The summed E-state index contributed by atoms with van der Waals surface area (Å²) in [6.07, 6.45) is 3.99. The van der Waals surface area contributed by atoms with Gasteiger partial charge in [-0.3, -0.25) is 0 Å². The second-order valence-electron chi connectivity index (χ2n) is 4.97. The lowest BCUT2D eigenvalue weighted by Gasteiger charge is -2.07. The molecule has 0 amide bonds. The van der Waals surface area contributed by atoms with Crippen LogP contribution in [0.25, 0.3) is 5.65 Å². The number of ether oxygens (including phenoxy) is 1.